The van der Waals surface area contributed by atoms with Crippen molar-refractivity contribution in [3.05, 3.63) is 24.3 Å². The van der Waals surface area contributed by atoms with E-state index in [-0.39, 0.29) is 17.0 Å². The van der Waals surface area contributed by atoms with Gasteiger partial charge in [0.1, 0.15) is 0 Å². The summed E-state index contributed by atoms with van der Waals surface area (Å²) in [7, 11) is 2.08. The summed E-state index contributed by atoms with van der Waals surface area (Å²) in [5.74, 6) is 0.686. The van der Waals surface area contributed by atoms with E-state index in [4.69, 9.17) is 11.1 Å². The van der Waals surface area contributed by atoms with Gasteiger partial charge in [-0.25, -0.2) is 0 Å². The quantitative estimate of drug-likeness (QED) is 0.432. The predicted octanol–water partition coefficient (Wildman–Crippen LogP) is 1.62. The van der Waals surface area contributed by atoms with E-state index < -0.39 is 0 Å². The molecule has 3 rings (SSSR count). The molecular formula is C17H24N6OS. The van der Waals surface area contributed by atoms with Crippen LogP contribution in [0.15, 0.2) is 34.2 Å². The number of hydrogen-bond donors (Lipinski definition) is 3. The predicted molar refractivity (Wildman–Crippen MR) is 102 cm³/mol. The average molecular weight is 360 g/mol. The van der Waals surface area contributed by atoms with Crippen LogP contribution in [0.5, 0.6) is 0 Å². The number of nitrogens with two attached hydrogens (primary N) is 1. The zero-order valence-electron chi connectivity index (χ0n) is 14.4. The van der Waals surface area contributed by atoms with Gasteiger partial charge in [0.2, 0.25) is 5.91 Å². The van der Waals surface area contributed by atoms with Crippen molar-refractivity contribution >= 4 is 34.5 Å². The number of nitrogens with zero attached hydrogens (tertiary/aromatic N) is 3. The number of nitrogens with one attached hydrogen (secondary N) is 2. The van der Waals surface area contributed by atoms with Crippen LogP contribution in [-0.4, -0.2) is 60.1 Å². The lowest BCUT2D eigenvalue weighted by atomic mass is 10.3. The molecule has 1 aromatic carbocycles. The number of rotatable bonds is 3. The zero-order chi connectivity index (χ0) is 17.8. The van der Waals surface area contributed by atoms with E-state index in [2.05, 4.69) is 22.3 Å². The van der Waals surface area contributed by atoms with Crippen LogP contribution in [0.4, 0.5) is 5.69 Å². The second-order valence-corrected chi connectivity index (χ2v) is 7.52. The largest absolute Gasteiger partial charge is 0.369 e. The van der Waals surface area contributed by atoms with Crippen LogP contribution in [0.2, 0.25) is 0 Å². The fourth-order valence-electron chi connectivity index (χ4n) is 2.54. The van der Waals surface area contributed by atoms with Crippen LogP contribution in [0.25, 0.3) is 0 Å². The monoisotopic (exact) mass is 360 g/mol. The SMILES string of the molecule is CN1CCN(C(N)=NC(=N)Sc2ccc(NC(=O)C3CC3)cc2)CC1. The number of hydrogen-bond acceptors (Lipinski definition) is 4. The van der Waals surface area contributed by atoms with E-state index in [1.54, 1.807) is 0 Å². The molecule has 0 unspecified atom stereocenters. The molecule has 1 aromatic rings. The third kappa shape index (κ3) is 5.20. The van der Waals surface area contributed by atoms with Gasteiger partial charge in [0.05, 0.1) is 0 Å². The third-order valence-electron chi connectivity index (χ3n) is 4.33. The fourth-order valence-corrected chi connectivity index (χ4v) is 3.18. The zero-order valence-corrected chi connectivity index (χ0v) is 15.2. The highest BCUT2D eigenvalue weighted by Crippen LogP contribution is 2.30. The number of thioether (sulfide) groups is 1. The van der Waals surface area contributed by atoms with Crippen LogP contribution < -0.4 is 11.1 Å². The lowest BCUT2D eigenvalue weighted by molar-refractivity contribution is -0.117. The van der Waals surface area contributed by atoms with E-state index in [0.717, 1.165) is 49.6 Å². The van der Waals surface area contributed by atoms with Gasteiger partial charge in [-0.1, -0.05) is 11.8 Å². The van der Waals surface area contributed by atoms with Crippen molar-refractivity contribution in [3.63, 3.8) is 0 Å². The van der Waals surface area contributed by atoms with Crippen molar-refractivity contribution in [1.29, 1.82) is 5.41 Å². The number of aliphatic imine (C=N–C) groups is 1. The van der Waals surface area contributed by atoms with Crippen molar-refractivity contribution < 1.29 is 4.79 Å². The van der Waals surface area contributed by atoms with Crippen molar-refractivity contribution in [2.45, 2.75) is 17.7 Å². The minimum atomic E-state index is 0.0951. The standard InChI is InChI=1S/C17H24N6OS/c1-22-8-10-23(11-9-22)16(18)21-17(19)25-14-6-4-13(5-7-14)20-15(24)12-2-3-12/h4-7,12H,2-3,8-11H2,1H3,(H,20,24)(H3,18,19,21). The number of likely N-dealkylation sites (N-methyl/N-ethyl adjacent to an activating group) is 1. The van der Waals surface area contributed by atoms with E-state index in [1.807, 2.05) is 29.2 Å². The second kappa shape index (κ2) is 7.88. The first-order valence-electron chi connectivity index (χ1n) is 8.46. The van der Waals surface area contributed by atoms with Crippen LogP contribution in [0.3, 0.4) is 0 Å². The highest BCUT2D eigenvalue weighted by molar-refractivity contribution is 8.13. The molecule has 0 aromatic heterocycles. The number of guanidine groups is 1. The molecule has 2 aliphatic rings. The van der Waals surface area contributed by atoms with Crippen molar-refractivity contribution in [2.24, 2.45) is 16.6 Å². The fraction of sp³-hybridized carbons (Fsp3) is 0.471. The first-order chi connectivity index (χ1) is 12.0. The number of amides is 1. The Bertz CT molecular complexity index is 662. The first kappa shape index (κ1) is 17.8. The number of piperazine rings is 1. The molecule has 0 bridgehead atoms. The minimum Gasteiger partial charge on any atom is -0.369 e. The Balaban J connectivity index is 1.51. The van der Waals surface area contributed by atoms with Crippen molar-refractivity contribution in [2.75, 3.05) is 38.5 Å². The molecule has 1 amide bonds. The van der Waals surface area contributed by atoms with Gasteiger partial charge >= 0.3 is 0 Å². The summed E-state index contributed by atoms with van der Waals surface area (Å²) in [6.07, 6.45) is 1.98. The Morgan fingerprint density at radius 1 is 1.24 bits per heavy atom. The topological polar surface area (TPSA) is 97.8 Å². The average Bonchev–Trinajstić information content (AvgIpc) is 3.42. The summed E-state index contributed by atoms with van der Waals surface area (Å²) in [6, 6.07) is 7.46. The molecule has 1 saturated heterocycles. The molecule has 25 heavy (non-hydrogen) atoms. The van der Waals surface area contributed by atoms with E-state index in [0.29, 0.717) is 5.96 Å². The summed E-state index contributed by atoms with van der Waals surface area (Å²) < 4.78 is 0. The van der Waals surface area contributed by atoms with Gasteiger partial charge in [-0.2, -0.15) is 4.99 Å². The molecule has 1 saturated carbocycles. The third-order valence-corrected chi connectivity index (χ3v) is 5.12. The number of amidine groups is 1. The molecule has 0 radical (unpaired) electrons. The summed E-state index contributed by atoms with van der Waals surface area (Å²) in [5.41, 5.74) is 6.80. The maximum Gasteiger partial charge on any atom is 0.227 e. The summed E-state index contributed by atoms with van der Waals surface area (Å²) in [6.45, 7) is 3.56. The summed E-state index contributed by atoms with van der Waals surface area (Å²) in [4.78, 5) is 21.1. The molecule has 2 fully saturated rings. The van der Waals surface area contributed by atoms with Gasteiger partial charge in [-0.05, 0) is 44.2 Å². The molecule has 4 N–H and O–H groups in total. The molecule has 1 heterocycles. The summed E-state index contributed by atoms with van der Waals surface area (Å²) >= 11 is 1.25. The number of anilines is 1. The van der Waals surface area contributed by atoms with Crippen molar-refractivity contribution in [1.82, 2.24) is 9.80 Å². The Morgan fingerprint density at radius 3 is 2.48 bits per heavy atom. The van der Waals surface area contributed by atoms with Gasteiger partial charge in [0, 0.05) is 42.7 Å². The molecule has 0 spiro atoms. The van der Waals surface area contributed by atoms with E-state index >= 15 is 0 Å². The molecule has 8 heteroatoms. The molecular weight excluding hydrogens is 336 g/mol. The number of carbonyl (C=O) groups is 1. The molecule has 1 aliphatic heterocycles. The van der Waals surface area contributed by atoms with Crippen LogP contribution in [0.1, 0.15) is 12.8 Å². The van der Waals surface area contributed by atoms with Crippen LogP contribution >= 0.6 is 11.8 Å². The normalized spacial score (nSPS) is 18.9. The molecule has 134 valence electrons. The highest BCUT2D eigenvalue weighted by Gasteiger charge is 2.29. The van der Waals surface area contributed by atoms with Crippen LogP contribution in [-0.2, 0) is 4.79 Å². The van der Waals surface area contributed by atoms with Crippen molar-refractivity contribution in [3.8, 4) is 0 Å². The van der Waals surface area contributed by atoms with Gasteiger partial charge in [0.25, 0.3) is 0 Å². The minimum absolute atomic E-state index is 0.0951. The number of carbonyl (C=O) groups excluding carboxylic acids is 1. The smallest absolute Gasteiger partial charge is 0.227 e. The Hall–Kier alpha value is -2.06. The molecule has 0 atom stereocenters. The van der Waals surface area contributed by atoms with Gasteiger partial charge < -0.3 is 20.9 Å². The van der Waals surface area contributed by atoms with E-state index in [9.17, 15) is 4.79 Å². The van der Waals surface area contributed by atoms with E-state index in [1.165, 1.54) is 11.8 Å². The molecule has 7 nitrogen and oxygen atoms in total. The van der Waals surface area contributed by atoms with Gasteiger partial charge in [-0.3, -0.25) is 10.2 Å². The highest BCUT2D eigenvalue weighted by atomic mass is 32.2. The number of benzene rings is 1. The van der Waals surface area contributed by atoms with Gasteiger partial charge in [0.15, 0.2) is 11.1 Å². The lowest BCUT2D eigenvalue weighted by Crippen LogP contribution is -2.50. The first-order valence-corrected chi connectivity index (χ1v) is 9.28. The molecule has 1 aliphatic carbocycles. The Morgan fingerprint density at radius 2 is 1.88 bits per heavy atom. The van der Waals surface area contributed by atoms with Crippen LogP contribution in [0, 0.1) is 11.3 Å². The summed E-state index contributed by atoms with van der Waals surface area (Å²) in [5, 5.41) is 11.1. The maximum absolute atomic E-state index is 11.7. The van der Waals surface area contributed by atoms with Gasteiger partial charge in [-0.15, -0.1) is 0 Å². The Labute approximate surface area is 152 Å². The Kier molecular flexibility index (Phi) is 5.60. The second-order valence-electron chi connectivity index (χ2n) is 6.46. The lowest BCUT2D eigenvalue weighted by Gasteiger charge is -2.32. The maximum atomic E-state index is 11.7.